The number of hydrogen-bond donors (Lipinski definition) is 2. The summed E-state index contributed by atoms with van der Waals surface area (Å²) >= 11 is 0. The fraction of sp³-hybridized carbons (Fsp3) is 0.393. The number of likely N-dealkylation sites (N-methyl/N-ethyl adjacent to an activating group) is 1. The summed E-state index contributed by atoms with van der Waals surface area (Å²) in [6, 6.07) is 13.3. The third-order valence-corrected chi connectivity index (χ3v) is 6.92. The summed E-state index contributed by atoms with van der Waals surface area (Å²) in [6.07, 6.45) is 3.71. The second-order valence-electron chi connectivity index (χ2n) is 9.55. The zero-order chi connectivity index (χ0) is 26.2. The normalized spacial score (nSPS) is 17.2. The van der Waals surface area contributed by atoms with Crippen molar-refractivity contribution in [2.75, 3.05) is 70.9 Å². The maximum atomic E-state index is 13.0. The molecule has 2 saturated heterocycles. The third-order valence-electron chi connectivity index (χ3n) is 6.92. The van der Waals surface area contributed by atoms with Crippen LogP contribution in [0.2, 0.25) is 0 Å². The summed E-state index contributed by atoms with van der Waals surface area (Å²) in [4.78, 5) is 33.9. The van der Waals surface area contributed by atoms with Gasteiger partial charge in [-0.2, -0.15) is 5.10 Å². The van der Waals surface area contributed by atoms with E-state index in [2.05, 4.69) is 34.0 Å². The molecule has 2 amide bonds. The number of piperazine rings is 2. The summed E-state index contributed by atoms with van der Waals surface area (Å²) in [6.45, 7) is 10.3. The molecule has 0 atom stereocenters. The van der Waals surface area contributed by atoms with Crippen LogP contribution in [0.25, 0.3) is 0 Å². The van der Waals surface area contributed by atoms with Crippen LogP contribution in [0.15, 0.2) is 60.2 Å². The van der Waals surface area contributed by atoms with E-state index in [1.807, 2.05) is 46.2 Å². The average Bonchev–Trinajstić information content (AvgIpc) is 2.91. The monoisotopic (exact) mass is 504 g/mol. The number of para-hydroxylation sites is 1. The number of allylic oxidation sites excluding steroid dienone is 1. The van der Waals surface area contributed by atoms with E-state index in [1.54, 1.807) is 12.1 Å². The molecule has 0 aromatic heterocycles. The molecule has 2 aliphatic heterocycles. The fourth-order valence-electron chi connectivity index (χ4n) is 4.62. The van der Waals surface area contributed by atoms with Gasteiger partial charge in [-0.1, -0.05) is 18.2 Å². The van der Waals surface area contributed by atoms with Crippen LogP contribution < -0.4 is 10.3 Å². The van der Waals surface area contributed by atoms with Gasteiger partial charge in [0.2, 0.25) is 0 Å². The highest BCUT2D eigenvalue weighted by molar-refractivity contribution is 5.94. The Hall–Kier alpha value is -3.69. The number of phenolic OH excluding ortho intramolecular Hbond substituents is 1. The third kappa shape index (κ3) is 6.96. The standard InChI is InChI=1S/C28H36N6O3/c1-3-5-22-6-4-7-24(27(22)36)20-29-30-26(35)21-32-14-18-34(19-15-32)28(37)23-8-10-25(11-9-23)33-16-12-31(2)13-17-33/h3-4,6-11,20,36H,1,5,12-19,21H2,2H3,(H,30,35)/b29-20+. The molecule has 2 fully saturated rings. The zero-order valence-electron chi connectivity index (χ0n) is 21.5. The molecule has 2 N–H and O–H groups in total. The van der Waals surface area contributed by atoms with E-state index in [1.165, 1.54) is 6.21 Å². The van der Waals surface area contributed by atoms with Crippen LogP contribution in [-0.2, 0) is 11.2 Å². The molecule has 0 radical (unpaired) electrons. The molecule has 2 aromatic rings. The number of benzene rings is 2. The van der Waals surface area contributed by atoms with Crippen LogP contribution in [0.4, 0.5) is 5.69 Å². The van der Waals surface area contributed by atoms with E-state index < -0.39 is 0 Å². The molecule has 37 heavy (non-hydrogen) atoms. The summed E-state index contributed by atoms with van der Waals surface area (Å²) in [5.74, 6) is -0.0791. The van der Waals surface area contributed by atoms with Crippen molar-refractivity contribution in [3.8, 4) is 5.75 Å². The van der Waals surface area contributed by atoms with Crippen LogP contribution in [0.1, 0.15) is 21.5 Å². The molecule has 0 aliphatic carbocycles. The summed E-state index contributed by atoms with van der Waals surface area (Å²) < 4.78 is 0. The topological polar surface area (TPSA) is 91.7 Å². The Kier molecular flexibility index (Phi) is 8.92. The molecule has 2 aromatic carbocycles. The minimum atomic E-state index is -0.239. The molecule has 9 heteroatoms. The van der Waals surface area contributed by atoms with E-state index in [9.17, 15) is 14.7 Å². The van der Waals surface area contributed by atoms with Gasteiger partial charge >= 0.3 is 0 Å². The molecule has 2 heterocycles. The Morgan fingerprint density at radius 2 is 1.70 bits per heavy atom. The number of anilines is 1. The Morgan fingerprint density at radius 3 is 2.38 bits per heavy atom. The van der Waals surface area contributed by atoms with Gasteiger partial charge in [0.1, 0.15) is 5.75 Å². The van der Waals surface area contributed by atoms with Crippen molar-refractivity contribution < 1.29 is 14.7 Å². The smallest absolute Gasteiger partial charge is 0.254 e. The molecular formula is C28H36N6O3. The number of rotatable bonds is 8. The van der Waals surface area contributed by atoms with Crippen LogP contribution >= 0.6 is 0 Å². The second kappa shape index (κ2) is 12.5. The van der Waals surface area contributed by atoms with Crippen molar-refractivity contribution in [1.82, 2.24) is 20.1 Å². The number of carbonyl (C=O) groups is 2. The van der Waals surface area contributed by atoms with Gasteiger partial charge < -0.3 is 19.8 Å². The Labute approximate surface area is 218 Å². The average molecular weight is 505 g/mol. The molecular weight excluding hydrogens is 468 g/mol. The fourth-order valence-corrected chi connectivity index (χ4v) is 4.62. The van der Waals surface area contributed by atoms with Crippen molar-refractivity contribution in [2.24, 2.45) is 5.10 Å². The highest BCUT2D eigenvalue weighted by Crippen LogP contribution is 2.22. The lowest BCUT2D eigenvalue weighted by atomic mass is 10.1. The van der Waals surface area contributed by atoms with Gasteiger partial charge in [0.25, 0.3) is 11.8 Å². The van der Waals surface area contributed by atoms with E-state index in [0.29, 0.717) is 43.7 Å². The van der Waals surface area contributed by atoms with Crippen LogP contribution in [0.5, 0.6) is 5.75 Å². The Balaban J connectivity index is 1.21. The van der Waals surface area contributed by atoms with Gasteiger partial charge in [0.15, 0.2) is 0 Å². The number of amides is 2. The molecule has 9 nitrogen and oxygen atoms in total. The Bertz CT molecular complexity index is 1120. The summed E-state index contributed by atoms with van der Waals surface area (Å²) in [5.41, 5.74) is 5.66. The number of hydrazone groups is 1. The molecule has 0 bridgehead atoms. The number of aromatic hydroxyl groups is 1. The van der Waals surface area contributed by atoms with Crippen molar-refractivity contribution in [2.45, 2.75) is 6.42 Å². The molecule has 4 rings (SSSR count). The van der Waals surface area contributed by atoms with Crippen molar-refractivity contribution >= 4 is 23.7 Å². The predicted octanol–water partition coefficient (Wildman–Crippen LogP) is 1.78. The highest BCUT2D eigenvalue weighted by Gasteiger charge is 2.23. The SMILES string of the molecule is C=CCc1cccc(/C=N/NC(=O)CN2CCN(C(=O)c3ccc(N4CCN(C)CC4)cc3)CC2)c1O. The minimum absolute atomic E-state index is 0.0251. The van der Waals surface area contributed by atoms with Crippen molar-refractivity contribution in [3.63, 3.8) is 0 Å². The van der Waals surface area contributed by atoms with Gasteiger partial charge in [0.05, 0.1) is 12.8 Å². The van der Waals surface area contributed by atoms with Crippen molar-refractivity contribution in [3.05, 3.63) is 71.8 Å². The van der Waals surface area contributed by atoms with Gasteiger partial charge in [-0.15, -0.1) is 6.58 Å². The second-order valence-corrected chi connectivity index (χ2v) is 9.55. The van der Waals surface area contributed by atoms with Gasteiger partial charge in [-0.25, -0.2) is 5.43 Å². The van der Waals surface area contributed by atoms with Crippen LogP contribution in [0.3, 0.4) is 0 Å². The first-order valence-electron chi connectivity index (χ1n) is 12.7. The first kappa shape index (κ1) is 26.4. The van der Waals surface area contributed by atoms with E-state index in [0.717, 1.165) is 37.4 Å². The lowest BCUT2D eigenvalue weighted by molar-refractivity contribution is -0.122. The maximum absolute atomic E-state index is 13.0. The summed E-state index contributed by atoms with van der Waals surface area (Å²) in [7, 11) is 2.14. The number of nitrogens with one attached hydrogen (secondary N) is 1. The number of hydrogen-bond acceptors (Lipinski definition) is 7. The zero-order valence-corrected chi connectivity index (χ0v) is 21.5. The first-order chi connectivity index (χ1) is 17.9. The van der Waals surface area contributed by atoms with E-state index >= 15 is 0 Å². The van der Waals surface area contributed by atoms with Crippen LogP contribution in [-0.4, -0.2) is 104 Å². The quantitative estimate of drug-likeness (QED) is 0.324. The van der Waals surface area contributed by atoms with Crippen LogP contribution in [0, 0.1) is 0 Å². The highest BCUT2D eigenvalue weighted by atomic mass is 16.3. The van der Waals surface area contributed by atoms with E-state index in [4.69, 9.17) is 0 Å². The Morgan fingerprint density at radius 1 is 1.00 bits per heavy atom. The molecule has 0 spiro atoms. The lowest BCUT2D eigenvalue weighted by Crippen LogP contribution is -2.50. The predicted molar refractivity (Wildman–Crippen MR) is 146 cm³/mol. The lowest BCUT2D eigenvalue weighted by Gasteiger charge is -2.35. The largest absolute Gasteiger partial charge is 0.507 e. The minimum Gasteiger partial charge on any atom is -0.507 e. The first-order valence-corrected chi connectivity index (χ1v) is 12.7. The van der Waals surface area contributed by atoms with E-state index in [-0.39, 0.29) is 24.1 Å². The molecule has 2 aliphatic rings. The molecule has 196 valence electrons. The number of nitrogens with zero attached hydrogens (tertiary/aromatic N) is 5. The molecule has 0 saturated carbocycles. The van der Waals surface area contributed by atoms with Gasteiger partial charge in [-0.05, 0) is 49.4 Å². The van der Waals surface area contributed by atoms with Gasteiger partial charge in [-0.3, -0.25) is 14.5 Å². The summed E-state index contributed by atoms with van der Waals surface area (Å²) in [5, 5.41) is 14.3. The number of phenols is 1. The molecule has 0 unspecified atom stereocenters. The number of carbonyl (C=O) groups excluding carboxylic acids is 2. The maximum Gasteiger partial charge on any atom is 0.254 e. The van der Waals surface area contributed by atoms with Gasteiger partial charge in [0, 0.05) is 69.2 Å². The van der Waals surface area contributed by atoms with Crippen molar-refractivity contribution in [1.29, 1.82) is 0 Å².